The summed E-state index contributed by atoms with van der Waals surface area (Å²) in [5.74, 6) is 0.959. The minimum atomic E-state index is -0.480. The number of nitrogens with one attached hydrogen (secondary N) is 2. The SMILES string of the molecule is CC(C)c1c2cc(-c3nc(Nn4ccc(N5CCNCC5)n4)ncc3F)ccc2nn1C. The third kappa shape index (κ3) is 3.77. The molecule has 0 aliphatic carbocycles. The molecule has 1 aliphatic heterocycles. The Hall–Kier alpha value is -3.53. The summed E-state index contributed by atoms with van der Waals surface area (Å²) in [6, 6.07) is 7.62. The van der Waals surface area contributed by atoms with Crippen LogP contribution in [0, 0.1) is 5.82 Å². The van der Waals surface area contributed by atoms with Crippen molar-refractivity contribution in [1.29, 1.82) is 0 Å². The molecule has 5 rings (SSSR count). The largest absolute Gasteiger partial charge is 0.353 e. The third-order valence-electron chi connectivity index (χ3n) is 5.67. The van der Waals surface area contributed by atoms with Gasteiger partial charge in [-0.1, -0.05) is 19.9 Å². The zero-order chi connectivity index (χ0) is 22.2. The molecule has 32 heavy (non-hydrogen) atoms. The van der Waals surface area contributed by atoms with Gasteiger partial charge in [0, 0.05) is 55.9 Å². The van der Waals surface area contributed by atoms with Crippen LogP contribution in [0.25, 0.3) is 22.2 Å². The van der Waals surface area contributed by atoms with Crippen LogP contribution in [0.1, 0.15) is 25.5 Å². The molecule has 0 amide bonds. The van der Waals surface area contributed by atoms with Gasteiger partial charge >= 0.3 is 0 Å². The van der Waals surface area contributed by atoms with Crippen molar-refractivity contribution in [3.8, 4) is 11.3 Å². The van der Waals surface area contributed by atoms with Crippen LogP contribution in [0.5, 0.6) is 0 Å². The number of halogens is 1. The highest BCUT2D eigenvalue weighted by molar-refractivity contribution is 5.86. The summed E-state index contributed by atoms with van der Waals surface area (Å²) in [5.41, 5.74) is 5.92. The molecule has 3 aromatic heterocycles. The molecule has 0 atom stereocenters. The van der Waals surface area contributed by atoms with Crippen LogP contribution in [-0.4, -0.2) is 55.8 Å². The van der Waals surface area contributed by atoms with E-state index in [1.165, 1.54) is 6.20 Å². The first-order chi connectivity index (χ1) is 15.5. The molecule has 9 nitrogen and oxygen atoms in total. The average molecular weight is 436 g/mol. The van der Waals surface area contributed by atoms with Gasteiger partial charge < -0.3 is 10.2 Å². The summed E-state index contributed by atoms with van der Waals surface area (Å²) in [6.07, 6.45) is 2.99. The first-order valence-electron chi connectivity index (χ1n) is 10.8. The van der Waals surface area contributed by atoms with E-state index in [0.717, 1.165) is 48.6 Å². The Bertz CT molecular complexity index is 1250. The number of fused-ring (bicyclic) bond motifs is 1. The predicted molar refractivity (Wildman–Crippen MR) is 122 cm³/mol. The van der Waals surface area contributed by atoms with E-state index in [-0.39, 0.29) is 17.6 Å². The Morgan fingerprint density at radius 1 is 1.12 bits per heavy atom. The van der Waals surface area contributed by atoms with E-state index in [2.05, 4.69) is 49.7 Å². The van der Waals surface area contributed by atoms with Gasteiger partial charge in [-0.25, -0.2) is 19.8 Å². The van der Waals surface area contributed by atoms with Crippen LogP contribution in [0.2, 0.25) is 0 Å². The smallest absolute Gasteiger partial charge is 0.244 e. The van der Waals surface area contributed by atoms with Crippen LogP contribution < -0.4 is 15.6 Å². The lowest BCUT2D eigenvalue weighted by Crippen LogP contribution is -2.43. The van der Waals surface area contributed by atoms with Gasteiger partial charge in [-0.05, 0) is 18.1 Å². The summed E-state index contributed by atoms with van der Waals surface area (Å²) in [5, 5.41) is 13.4. The second-order valence-corrected chi connectivity index (χ2v) is 8.25. The number of hydrogen-bond donors (Lipinski definition) is 2. The van der Waals surface area contributed by atoms with E-state index in [4.69, 9.17) is 0 Å². The molecule has 1 aliphatic rings. The van der Waals surface area contributed by atoms with E-state index in [9.17, 15) is 4.39 Å². The Balaban J connectivity index is 1.44. The Labute approximate surface area is 185 Å². The number of aryl methyl sites for hydroxylation is 1. The first kappa shape index (κ1) is 20.4. The molecule has 4 aromatic rings. The fourth-order valence-electron chi connectivity index (χ4n) is 4.22. The fraction of sp³-hybridized carbons (Fsp3) is 0.364. The number of hydrogen-bond acceptors (Lipinski definition) is 7. The van der Waals surface area contributed by atoms with Crippen LogP contribution in [0.4, 0.5) is 16.2 Å². The standard InChI is InChI=1S/C22H26FN9/c1-14(2)21-16-12-15(4-5-18(16)27-30(21)3)20-17(23)13-25-22(26-20)29-32-9-6-19(28-32)31-10-7-24-8-11-31/h4-6,9,12-14,24H,7-8,10-11H2,1-3H3,(H,25,26,29). The third-order valence-corrected chi connectivity index (χ3v) is 5.67. The van der Waals surface area contributed by atoms with Crippen molar-refractivity contribution in [2.24, 2.45) is 7.05 Å². The second-order valence-electron chi connectivity index (χ2n) is 8.25. The quantitative estimate of drug-likeness (QED) is 0.498. The maximum Gasteiger partial charge on any atom is 0.244 e. The van der Waals surface area contributed by atoms with Crippen LogP contribution in [0.15, 0.2) is 36.7 Å². The molecular formula is C22H26FN9. The molecule has 10 heteroatoms. The zero-order valence-electron chi connectivity index (χ0n) is 18.4. The molecule has 0 saturated carbocycles. The zero-order valence-corrected chi connectivity index (χ0v) is 18.4. The van der Waals surface area contributed by atoms with E-state index < -0.39 is 5.82 Å². The minimum absolute atomic E-state index is 0.234. The molecule has 1 saturated heterocycles. The van der Waals surface area contributed by atoms with Crippen LogP contribution >= 0.6 is 0 Å². The van der Waals surface area contributed by atoms with Crippen molar-refractivity contribution in [3.63, 3.8) is 0 Å². The first-order valence-corrected chi connectivity index (χ1v) is 10.8. The average Bonchev–Trinajstić information content (AvgIpc) is 3.38. The molecular weight excluding hydrogens is 409 g/mol. The maximum atomic E-state index is 14.7. The minimum Gasteiger partial charge on any atom is -0.353 e. The summed E-state index contributed by atoms with van der Waals surface area (Å²) >= 11 is 0. The number of benzene rings is 1. The number of anilines is 2. The van der Waals surface area contributed by atoms with Crippen molar-refractivity contribution in [2.45, 2.75) is 19.8 Å². The van der Waals surface area contributed by atoms with Crippen molar-refractivity contribution in [3.05, 3.63) is 48.2 Å². The number of piperazine rings is 1. The highest BCUT2D eigenvalue weighted by Crippen LogP contribution is 2.30. The Kier molecular flexibility index (Phi) is 5.22. The topological polar surface area (TPSA) is 88.7 Å². The van der Waals surface area contributed by atoms with Gasteiger partial charge in [0.15, 0.2) is 11.6 Å². The van der Waals surface area contributed by atoms with E-state index in [1.807, 2.05) is 36.0 Å². The van der Waals surface area contributed by atoms with Crippen molar-refractivity contribution in [1.82, 2.24) is 35.0 Å². The lowest BCUT2D eigenvalue weighted by molar-refractivity contribution is 0.581. The molecule has 4 heterocycles. The molecule has 0 unspecified atom stereocenters. The van der Waals surface area contributed by atoms with Gasteiger partial charge in [-0.2, -0.15) is 9.89 Å². The van der Waals surface area contributed by atoms with Gasteiger partial charge in [-0.3, -0.25) is 4.68 Å². The van der Waals surface area contributed by atoms with Crippen molar-refractivity contribution < 1.29 is 4.39 Å². The number of aromatic nitrogens is 6. The lowest BCUT2D eigenvalue weighted by atomic mass is 10.0. The van der Waals surface area contributed by atoms with E-state index in [0.29, 0.717) is 5.56 Å². The summed E-state index contributed by atoms with van der Waals surface area (Å²) in [4.78, 5) is 12.3. The monoisotopic (exact) mass is 435 g/mol. The summed E-state index contributed by atoms with van der Waals surface area (Å²) in [6.45, 7) is 7.92. The predicted octanol–water partition coefficient (Wildman–Crippen LogP) is 2.77. The Morgan fingerprint density at radius 3 is 2.72 bits per heavy atom. The molecule has 166 valence electrons. The molecule has 0 spiro atoms. The molecule has 1 fully saturated rings. The highest BCUT2D eigenvalue weighted by atomic mass is 19.1. The van der Waals surface area contributed by atoms with Gasteiger partial charge in [0.2, 0.25) is 5.95 Å². The molecule has 1 aromatic carbocycles. The maximum absolute atomic E-state index is 14.7. The Morgan fingerprint density at radius 2 is 1.94 bits per heavy atom. The second kappa shape index (κ2) is 8.19. The van der Waals surface area contributed by atoms with Crippen molar-refractivity contribution >= 4 is 22.7 Å². The molecule has 2 N–H and O–H groups in total. The number of rotatable bonds is 5. The summed E-state index contributed by atoms with van der Waals surface area (Å²) in [7, 11) is 1.93. The van der Waals surface area contributed by atoms with Gasteiger partial charge in [0.05, 0.1) is 17.9 Å². The van der Waals surface area contributed by atoms with Crippen LogP contribution in [0.3, 0.4) is 0 Å². The highest BCUT2D eigenvalue weighted by Gasteiger charge is 2.17. The van der Waals surface area contributed by atoms with Crippen molar-refractivity contribution in [2.75, 3.05) is 36.5 Å². The molecule has 0 bridgehead atoms. The van der Waals surface area contributed by atoms with Crippen LogP contribution in [-0.2, 0) is 7.05 Å². The normalized spacial score (nSPS) is 14.5. The van der Waals surface area contributed by atoms with Gasteiger partial charge in [0.1, 0.15) is 5.69 Å². The van der Waals surface area contributed by atoms with E-state index >= 15 is 0 Å². The molecule has 0 radical (unpaired) electrons. The summed E-state index contributed by atoms with van der Waals surface area (Å²) < 4.78 is 16.6. The number of nitrogens with zero attached hydrogens (tertiary/aromatic N) is 7. The van der Waals surface area contributed by atoms with E-state index in [1.54, 1.807) is 11.0 Å². The fourth-order valence-corrected chi connectivity index (χ4v) is 4.22. The van der Waals surface area contributed by atoms with Gasteiger partial charge in [0.25, 0.3) is 0 Å². The van der Waals surface area contributed by atoms with Gasteiger partial charge in [-0.15, -0.1) is 5.10 Å². The lowest BCUT2D eigenvalue weighted by Gasteiger charge is -2.27.